The number of rotatable bonds is 10. The molecule has 0 aromatic rings. The first kappa shape index (κ1) is 32.3. The Kier molecular flexibility index (Phi) is 12.0. The molecule has 10 atom stereocenters. The Labute approximate surface area is 224 Å². The highest BCUT2D eigenvalue weighted by Gasteiger charge is 2.56. The fourth-order valence-electron chi connectivity index (χ4n) is 4.27. The molecule has 1 amide bonds. The van der Waals surface area contributed by atoms with Gasteiger partial charge in [-0.1, -0.05) is 0 Å². The van der Waals surface area contributed by atoms with Crippen molar-refractivity contribution in [2.45, 2.75) is 96.0 Å². The third kappa shape index (κ3) is 8.81. The quantitative estimate of drug-likeness (QED) is 0.187. The Morgan fingerprint density at radius 3 is 1.77 bits per heavy atom. The Hall–Kier alpha value is -2.89. The average molecular weight is 566 g/mol. The van der Waals surface area contributed by atoms with Gasteiger partial charge in [-0.15, -0.1) is 0 Å². The minimum Gasteiger partial charge on any atom is -0.463 e. The van der Waals surface area contributed by atoms with Crippen LogP contribution in [-0.2, 0) is 61.9 Å². The van der Waals surface area contributed by atoms with Crippen molar-refractivity contribution in [1.29, 1.82) is 0 Å². The number of esters is 4. The highest BCUT2D eigenvalue weighted by Crippen LogP contribution is 2.33. The standard InChI is InChI=1S/C23H35NO15/c1-9(26)24-16-19(17(31)14(7-25)37-22(16)32-6)39-23-21(36-13(5)30)20(35-12(4)29)18(34-11(3)28)15(38-23)8-33-10(2)27/h14-23,25,31H,7-8H2,1-6H3,(H,24,26)/t14-,15-,16-,17-,18+,19-,20+,21-,22+,23+/m1/s1. The monoisotopic (exact) mass is 565 g/mol. The van der Waals surface area contributed by atoms with Gasteiger partial charge < -0.3 is 53.4 Å². The number of hydrogen-bond donors (Lipinski definition) is 3. The van der Waals surface area contributed by atoms with Gasteiger partial charge in [0.2, 0.25) is 5.91 Å². The summed E-state index contributed by atoms with van der Waals surface area (Å²) in [5.74, 6) is -3.76. The van der Waals surface area contributed by atoms with Gasteiger partial charge in [-0.25, -0.2) is 0 Å². The van der Waals surface area contributed by atoms with Crippen molar-refractivity contribution >= 4 is 29.8 Å². The molecule has 2 aliphatic heterocycles. The van der Waals surface area contributed by atoms with Crippen molar-refractivity contribution in [2.24, 2.45) is 0 Å². The summed E-state index contributed by atoms with van der Waals surface area (Å²) < 4.78 is 43.8. The third-order valence-electron chi connectivity index (χ3n) is 5.70. The summed E-state index contributed by atoms with van der Waals surface area (Å²) in [6.45, 7) is 4.36. The molecule has 0 spiro atoms. The van der Waals surface area contributed by atoms with Crippen LogP contribution in [-0.4, -0.2) is 122 Å². The molecule has 0 aromatic heterocycles. The predicted octanol–water partition coefficient (Wildman–Crippen LogP) is -2.32. The van der Waals surface area contributed by atoms with Gasteiger partial charge in [-0.3, -0.25) is 24.0 Å². The van der Waals surface area contributed by atoms with Gasteiger partial charge in [0.05, 0.1) is 6.61 Å². The number of methoxy groups -OCH3 is 1. The largest absolute Gasteiger partial charge is 0.463 e. The van der Waals surface area contributed by atoms with Gasteiger partial charge >= 0.3 is 23.9 Å². The van der Waals surface area contributed by atoms with Crippen LogP contribution in [0.4, 0.5) is 0 Å². The summed E-state index contributed by atoms with van der Waals surface area (Å²) in [6.07, 6.45) is -12.9. The molecule has 0 saturated carbocycles. The number of amides is 1. The van der Waals surface area contributed by atoms with E-state index >= 15 is 0 Å². The van der Waals surface area contributed by atoms with Gasteiger partial charge in [0, 0.05) is 41.7 Å². The second kappa shape index (κ2) is 14.5. The van der Waals surface area contributed by atoms with E-state index in [1.165, 1.54) is 14.0 Å². The van der Waals surface area contributed by atoms with Crippen molar-refractivity contribution in [3.63, 3.8) is 0 Å². The molecule has 2 fully saturated rings. The number of nitrogens with one attached hydrogen (secondary N) is 1. The molecule has 0 aromatic carbocycles. The van der Waals surface area contributed by atoms with Crippen LogP contribution in [0.2, 0.25) is 0 Å². The second-order valence-corrected chi connectivity index (χ2v) is 8.85. The maximum atomic E-state index is 12.0. The molecule has 16 nitrogen and oxygen atoms in total. The Balaban J connectivity index is 2.56. The van der Waals surface area contributed by atoms with Crippen molar-refractivity contribution in [3.05, 3.63) is 0 Å². The Bertz CT molecular complexity index is 897. The zero-order valence-electron chi connectivity index (χ0n) is 22.4. The maximum Gasteiger partial charge on any atom is 0.303 e. The molecule has 16 heteroatoms. The molecule has 2 saturated heterocycles. The molecule has 0 bridgehead atoms. The smallest absolute Gasteiger partial charge is 0.303 e. The van der Waals surface area contributed by atoms with Crippen molar-refractivity contribution < 1.29 is 72.1 Å². The van der Waals surface area contributed by atoms with Gasteiger partial charge in [-0.05, 0) is 0 Å². The van der Waals surface area contributed by atoms with Crippen molar-refractivity contribution in [2.75, 3.05) is 20.3 Å². The van der Waals surface area contributed by atoms with E-state index < -0.39 is 104 Å². The zero-order valence-corrected chi connectivity index (χ0v) is 22.4. The maximum absolute atomic E-state index is 12.0. The summed E-state index contributed by atoms with van der Waals surface area (Å²) in [7, 11) is 1.26. The highest BCUT2D eigenvalue weighted by molar-refractivity contribution is 5.73. The minimum atomic E-state index is -1.66. The van der Waals surface area contributed by atoms with Crippen molar-refractivity contribution in [3.8, 4) is 0 Å². The van der Waals surface area contributed by atoms with E-state index in [1.807, 2.05) is 0 Å². The molecule has 2 heterocycles. The topological polar surface area (TPSA) is 212 Å². The molecule has 222 valence electrons. The predicted molar refractivity (Wildman–Crippen MR) is 123 cm³/mol. The van der Waals surface area contributed by atoms with Crippen LogP contribution in [0.3, 0.4) is 0 Å². The number of aliphatic hydroxyl groups excluding tert-OH is 2. The molecule has 0 aliphatic carbocycles. The minimum absolute atomic E-state index is 0.497. The lowest BCUT2D eigenvalue weighted by molar-refractivity contribution is -0.345. The van der Waals surface area contributed by atoms with Crippen LogP contribution >= 0.6 is 0 Å². The van der Waals surface area contributed by atoms with Crippen LogP contribution < -0.4 is 5.32 Å². The molecule has 2 rings (SSSR count). The van der Waals surface area contributed by atoms with E-state index in [4.69, 9.17) is 37.9 Å². The number of ether oxygens (including phenoxy) is 8. The summed E-state index contributed by atoms with van der Waals surface area (Å²) in [5, 5.41) is 23.2. The van der Waals surface area contributed by atoms with E-state index in [0.29, 0.717) is 0 Å². The molecular weight excluding hydrogens is 530 g/mol. The second-order valence-electron chi connectivity index (χ2n) is 8.85. The molecule has 0 unspecified atom stereocenters. The number of hydrogen-bond acceptors (Lipinski definition) is 15. The molecular formula is C23H35NO15. The molecule has 0 radical (unpaired) electrons. The van der Waals surface area contributed by atoms with Gasteiger partial charge in [0.1, 0.15) is 37.1 Å². The lowest BCUT2D eigenvalue weighted by atomic mass is 9.95. The average Bonchev–Trinajstić information content (AvgIpc) is 2.82. The Morgan fingerprint density at radius 2 is 1.28 bits per heavy atom. The summed E-state index contributed by atoms with van der Waals surface area (Å²) in [4.78, 5) is 59.4. The summed E-state index contributed by atoms with van der Waals surface area (Å²) in [5.41, 5.74) is 0. The fourth-order valence-corrected chi connectivity index (χ4v) is 4.27. The lowest BCUT2D eigenvalue weighted by Gasteiger charge is -2.48. The lowest BCUT2D eigenvalue weighted by Crippen LogP contribution is -2.68. The molecule has 3 N–H and O–H groups in total. The number of carbonyl (C=O) groups excluding carboxylic acids is 5. The number of carbonyl (C=O) groups is 5. The van der Waals surface area contributed by atoms with E-state index in [1.54, 1.807) is 0 Å². The zero-order chi connectivity index (χ0) is 29.4. The van der Waals surface area contributed by atoms with Gasteiger partial charge in [0.25, 0.3) is 0 Å². The number of aliphatic hydroxyl groups is 2. The highest BCUT2D eigenvalue weighted by atomic mass is 16.7. The van der Waals surface area contributed by atoms with Gasteiger partial charge in [0.15, 0.2) is 30.9 Å². The van der Waals surface area contributed by atoms with E-state index in [0.717, 1.165) is 27.7 Å². The molecule has 2 aliphatic rings. The molecule has 39 heavy (non-hydrogen) atoms. The van der Waals surface area contributed by atoms with Gasteiger partial charge in [-0.2, -0.15) is 0 Å². The van der Waals surface area contributed by atoms with Crippen LogP contribution in [0.15, 0.2) is 0 Å². The first-order chi connectivity index (χ1) is 18.3. The first-order valence-electron chi connectivity index (χ1n) is 12.0. The van der Waals surface area contributed by atoms with Crippen molar-refractivity contribution in [1.82, 2.24) is 5.32 Å². The van der Waals surface area contributed by atoms with Crippen LogP contribution in [0, 0.1) is 0 Å². The van der Waals surface area contributed by atoms with Crippen LogP contribution in [0.5, 0.6) is 0 Å². The van der Waals surface area contributed by atoms with Crippen LogP contribution in [0.1, 0.15) is 34.6 Å². The van der Waals surface area contributed by atoms with E-state index in [-0.39, 0.29) is 0 Å². The van der Waals surface area contributed by atoms with E-state index in [2.05, 4.69) is 5.32 Å². The summed E-state index contributed by atoms with van der Waals surface area (Å²) >= 11 is 0. The normalized spacial score (nSPS) is 34.4. The fraction of sp³-hybridized carbons (Fsp3) is 0.783. The SMILES string of the molecule is CO[C@H]1O[C@H](CO)[C@@H](O)[C@H](O[C@@H]2O[C@H](COC(C)=O)[C@H](OC(C)=O)[C@H](OC(C)=O)[C@H]2OC(C)=O)[C@H]1NC(C)=O. The first-order valence-corrected chi connectivity index (χ1v) is 12.0. The third-order valence-corrected chi connectivity index (χ3v) is 5.70. The summed E-state index contributed by atoms with van der Waals surface area (Å²) in [6, 6.07) is -1.17. The van der Waals surface area contributed by atoms with Crippen LogP contribution in [0.25, 0.3) is 0 Å². The Morgan fingerprint density at radius 1 is 0.744 bits per heavy atom. The van der Waals surface area contributed by atoms with E-state index in [9.17, 15) is 34.2 Å².